The lowest BCUT2D eigenvalue weighted by atomic mass is 9.82. The normalized spacial score (nSPS) is 31.9. The minimum Gasteiger partial charge on any atom is -0.380 e. The van der Waals surface area contributed by atoms with Gasteiger partial charge in [-0.3, -0.25) is 4.90 Å². The molecule has 19 heavy (non-hydrogen) atoms. The first-order chi connectivity index (χ1) is 9.20. The molecule has 0 aromatic heterocycles. The number of nitrogens with one attached hydrogen (secondary N) is 1. The SMILES string of the molecule is CCNC1CC2CCCC(C1)N2CCOCC(C)C. The lowest BCUT2D eigenvalue weighted by Crippen LogP contribution is -2.56. The molecule has 0 aromatic carbocycles. The molecule has 2 saturated heterocycles. The molecular weight excluding hydrogens is 236 g/mol. The second-order valence-corrected chi connectivity index (χ2v) is 6.67. The molecule has 0 radical (unpaired) electrons. The van der Waals surface area contributed by atoms with Crippen molar-refractivity contribution in [2.75, 3.05) is 26.3 Å². The second-order valence-electron chi connectivity index (χ2n) is 6.67. The summed E-state index contributed by atoms with van der Waals surface area (Å²) in [7, 11) is 0. The highest BCUT2D eigenvalue weighted by Crippen LogP contribution is 2.33. The van der Waals surface area contributed by atoms with Gasteiger partial charge in [0.05, 0.1) is 6.61 Å². The molecule has 1 N–H and O–H groups in total. The van der Waals surface area contributed by atoms with Gasteiger partial charge >= 0.3 is 0 Å². The molecule has 0 aromatic rings. The summed E-state index contributed by atoms with van der Waals surface area (Å²) in [5, 5.41) is 3.66. The lowest BCUT2D eigenvalue weighted by molar-refractivity contribution is -0.00364. The van der Waals surface area contributed by atoms with E-state index in [1.165, 1.54) is 32.1 Å². The minimum atomic E-state index is 0.652. The third-order valence-corrected chi connectivity index (χ3v) is 4.56. The zero-order valence-corrected chi connectivity index (χ0v) is 13.0. The Morgan fingerprint density at radius 1 is 1.21 bits per heavy atom. The van der Waals surface area contributed by atoms with Gasteiger partial charge in [0, 0.05) is 31.3 Å². The predicted octanol–water partition coefficient (Wildman–Crippen LogP) is 2.65. The van der Waals surface area contributed by atoms with Gasteiger partial charge in [-0.25, -0.2) is 0 Å². The average Bonchev–Trinajstić information content (AvgIpc) is 2.35. The number of fused-ring (bicyclic) bond motifs is 2. The second kappa shape index (κ2) is 7.61. The van der Waals surface area contributed by atoms with Crippen molar-refractivity contribution < 1.29 is 4.74 Å². The summed E-state index contributed by atoms with van der Waals surface area (Å²) in [6, 6.07) is 2.37. The van der Waals surface area contributed by atoms with Crippen molar-refractivity contribution in [3.63, 3.8) is 0 Å². The third kappa shape index (κ3) is 4.44. The Kier molecular flexibility index (Phi) is 6.11. The van der Waals surface area contributed by atoms with E-state index < -0.39 is 0 Å². The molecule has 0 spiro atoms. The molecule has 112 valence electrons. The Balaban J connectivity index is 1.77. The number of rotatable bonds is 7. The van der Waals surface area contributed by atoms with Crippen LogP contribution in [0.3, 0.4) is 0 Å². The molecule has 2 atom stereocenters. The fraction of sp³-hybridized carbons (Fsp3) is 1.00. The van der Waals surface area contributed by atoms with E-state index in [4.69, 9.17) is 4.74 Å². The van der Waals surface area contributed by atoms with Gasteiger partial charge in [-0.1, -0.05) is 27.2 Å². The first-order valence-electron chi connectivity index (χ1n) is 8.27. The molecule has 0 aliphatic carbocycles. The topological polar surface area (TPSA) is 24.5 Å². The van der Waals surface area contributed by atoms with Crippen LogP contribution >= 0.6 is 0 Å². The molecule has 3 heteroatoms. The van der Waals surface area contributed by atoms with Gasteiger partial charge in [0.2, 0.25) is 0 Å². The van der Waals surface area contributed by atoms with Gasteiger partial charge in [0.15, 0.2) is 0 Å². The van der Waals surface area contributed by atoms with E-state index in [1.807, 2.05) is 0 Å². The number of nitrogens with zero attached hydrogens (tertiary/aromatic N) is 1. The van der Waals surface area contributed by atoms with Crippen molar-refractivity contribution in [2.45, 2.75) is 71.0 Å². The number of hydrogen-bond donors (Lipinski definition) is 1. The Morgan fingerprint density at radius 2 is 1.89 bits per heavy atom. The Hall–Kier alpha value is -0.120. The maximum atomic E-state index is 5.78. The molecule has 3 nitrogen and oxygen atoms in total. The smallest absolute Gasteiger partial charge is 0.0593 e. The molecule has 2 bridgehead atoms. The molecule has 2 heterocycles. The van der Waals surface area contributed by atoms with Crippen LogP contribution in [0.4, 0.5) is 0 Å². The fourth-order valence-corrected chi connectivity index (χ4v) is 3.79. The highest BCUT2D eigenvalue weighted by Gasteiger charge is 2.37. The zero-order chi connectivity index (χ0) is 13.7. The van der Waals surface area contributed by atoms with Gasteiger partial charge in [0.1, 0.15) is 0 Å². The minimum absolute atomic E-state index is 0.652. The quantitative estimate of drug-likeness (QED) is 0.718. The summed E-state index contributed by atoms with van der Waals surface area (Å²) in [5.41, 5.74) is 0. The van der Waals surface area contributed by atoms with Gasteiger partial charge in [-0.2, -0.15) is 0 Å². The summed E-state index contributed by atoms with van der Waals surface area (Å²) in [6.07, 6.45) is 6.89. The molecule has 2 aliphatic heterocycles. The molecule has 0 amide bonds. The van der Waals surface area contributed by atoms with Crippen molar-refractivity contribution in [3.8, 4) is 0 Å². The summed E-state index contributed by atoms with van der Waals surface area (Å²) in [4.78, 5) is 2.75. The van der Waals surface area contributed by atoms with Crippen molar-refractivity contribution >= 4 is 0 Å². The maximum Gasteiger partial charge on any atom is 0.0593 e. The Morgan fingerprint density at radius 3 is 2.47 bits per heavy atom. The van der Waals surface area contributed by atoms with Crippen LogP contribution in [0.15, 0.2) is 0 Å². The molecule has 2 unspecified atom stereocenters. The van der Waals surface area contributed by atoms with Crippen molar-refractivity contribution in [1.82, 2.24) is 10.2 Å². The molecule has 0 saturated carbocycles. The summed E-state index contributed by atoms with van der Waals surface area (Å²) in [5.74, 6) is 0.652. The van der Waals surface area contributed by atoms with Crippen LogP contribution in [-0.4, -0.2) is 49.3 Å². The monoisotopic (exact) mass is 268 g/mol. The molecule has 2 aliphatic rings. The van der Waals surface area contributed by atoms with E-state index in [-0.39, 0.29) is 0 Å². The Labute approximate surface area is 119 Å². The van der Waals surface area contributed by atoms with Crippen LogP contribution in [0, 0.1) is 5.92 Å². The zero-order valence-electron chi connectivity index (χ0n) is 13.0. The number of piperidine rings is 2. The van der Waals surface area contributed by atoms with E-state index in [1.54, 1.807) is 0 Å². The predicted molar refractivity (Wildman–Crippen MR) is 80.5 cm³/mol. The third-order valence-electron chi connectivity index (χ3n) is 4.56. The van der Waals surface area contributed by atoms with Crippen LogP contribution in [0.1, 0.15) is 52.9 Å². The van der Waals surface area contributed by atoms with Crippen LogP contribution in [0.5, 0.6) is 0 Å². The van der Waals surface area contributed by atoms with Crippen LogP contribution in [-0.2, 0) is 4.74 Å². The van der Waals surface area contributed by atoms with Gasteiger partial charge in [0.25, 0.3) is 0 Å². The van der Waals surface area contributed by atoms with Crippen LogP contribution in [0.2, 0.25) is 0 Å². The first-order valence-corrected chi connectivity index (χ1v) is 8.27. The van der Waals surface area contributed by atoms with Crippen molar-refractivity contribution in [2.24, 2.45) is 5.92 Å². The number of hydrogen-bond acceptors (Lipinski definition) is 3. The molecule has 2 fully saturated rings. The van der Waals surface area contributed by atoms with E-state index in [0.717, 1.165) is 44.4 Å². The van der Waals surface area contributed by atoms with Gasteiger partial charge in [-0.05, 0) is 38.1 Å². The van der Waals surface area contributed by atoms with Gasteiger partial charge < -0.3 is 10.1 Å². The lowest BCUT2D eigenvalue weighted by Gasteiger charge is -2.49. The molecule has 2 rings (SSSR count). The standard InChI is InChI=1S/C16H32N2O/c1-4-17-14-10-15-6-5-7-16(11-14)18(15)8-9-19-12-13(2)3/h13-17H,4-12H2,1-3H3. The summed E-state index contributed by atoms with van der Waals surface area (Å²) < 4.78 is 5.78. The maximum absolute atomic E-state index is 5.78. The van der Waals surface area contributed by atoms with Crippen LogP contribution < -0.4 is 5.32 Å². The molecular formula is C16H32N2O. The fourth-order valence-electron chi connectivity index (χ4n) is 3.79. The summed E-state index contributed by atoms with van der Waals surface area (Å²) >= 11 is 0. The average molecular weight is 268 g/mol. The highest BCUT2D eigenvalue weighted by atomic mass is 16.5. The van der Waals surface area contributed by atoms with Crippen molar-refractivity contribution in [1.29, 1.82) is 0 Å². The van der Waals surface area contributed by atoms with E-state index in [9.17, 15) is 0 Å². The van der Waals surface area contributed by atoms with Gasteiger partial charge in [-0.15, -0.1) is 0 Å². The Bertz CT molecular complexity index is 243. The van der Waals surface area contributed by atoms with E-state index in [0.29, 0.717) is 5.92 Å². The number of ether oxygens (including phenoxy) is 1. The highest BCUT2D eigenvalue weighted by molar-refractivity contribution is 4.94. The van der Waals surface area contributed by atoms with Crippen LogP contribution in [0.25, 0.3) is 0 Å². The largest absolute Gasteiger partial charge is 0.380 e. The van der Waals surface area contributed by atoms with Crippen molar-refractivity contribution in [3.05, 3.63) is 0 Å². The summed E-state index contributed by atoms with van der Waals surface area (Å²) in [6.45, 7) is 10.7. The van der Waals surface area contributed by atoms with E-state index in [2.05, 4.69) is 31.0 Å². The van der Waals surface area contributed by atoms with E-state index >= 15 is 0 Å². The first kappa shape index (κ1) is 15.3.